The molecule has 1 aromatic carbocycles. The molecule has 1 fully saturated rings. The predicted octanol–water partition coefficient (Wildman–Crippen LogP) is 2.42. The second-order valence-electron chi connectivity index (χ2n) is 6.01. The minimum Gasteiger partial charge on any atom is -0.356 e. The Morgan fingerprint density at radius 3 is 2.75 bits per heavy atom. The zero-order valence-corrected chi connectivity index (χ0v) is 12.4. The van der Waals surface area contributed by atoms with E-state index in [4.69, 9.17) is 5.73 Å². The number of hydrogen-bond donors (Lipinski definition) is 2. The van der Waals surface area contributed by atoms with Crippen LogP contribution in [0.4, 0.5) is 0 Å². The average molecular weight is 274 g/mol. The van der Waals surface area contributed by atoms with Gasteiger partial charge in [-0.25, -0.2) is 0 Å². The van der Waals surface area contributed by atoms with E-state index in [2.05, 4.69) is 24.4 Å². The topological polar surface area (TPSA) is 55.1 Å². The number of benzene rings is 1. The minimum absolute atomic E-state index is 0.122. The molecular weight excluding hydrogens is 248 g/mol. The van der Waals surface area contributed by atoms with Crippen LogP contribution in [0.5, 0.6) is 0 Å². The summed E-state index contributed by atoms with van der Waals surface area (Å²) in [6, 6.07) is 8.14. The first kappa shape index (κ1) is 15.0. The summed E-state index contributed by atoms with van der Waals surface area (Å²) in [7, 11) is 0. The fraction of sp³-hybridized carbons (Fsp3) is 0.588. The second kappa shape index (κ2) is 7.44. The van der Waals surface area contributed by atoms with Gasteiger partial charge in [0.25, 0.3) is 0 Å². The van der Waals surface area contributed by atoms with E-state index in [0.29, 0.717) is 18.3 Å². The van der Waals surface area contributed by atoms with E-state index in [0.717, 1.165) is 18.7 Å². The third-order valence-corrected chi connectivity index (χ3v) is 4.38. The highest BCUT2D eigenvalue weighted by atomic mass is 16.1. The standard InChI is InChI=1S/C17H26N2O/c1-13-5-4-6-14(9-13)10-17(20)19-12-16-8-3-2-7-15(16)11-18/h4-6,9,15-16H,2-3,7-8,10-12,18H2,1H3,(H,19,20). The van der Waals surface area contributed by atoms with Crippen LogP contribution in [0.1, 0.15) is 36.8 Å². The highest BCUT2D eigenvalue weighted by Crippen LogP contribution is 2.28. The van der Waals surface area contributed by atoms with Crippen LogP contribution >= 0.6 is 0 Å². The van der Waals surface area contributed by atoms with Crippen LogP contribution in [-0.2, 0) is 11.2 Å². The van der Waals surface area contributed by atoms with Crippen molar-refractivity contribution in [2.75, 3.05) is 13.1 Å². The van der Waals surface area contributed by atoms with Gasteiger partial charge in [-0.3, -0.25) is 4.79 Å². The largest absolute Gasteiger partial charge is 0.356 e. The molecular formula is C17H26N2O. The van der Waals surface area contributed by atoms with Crippen molar-refractivity contribution in [3.63, 3.8) is 0 Å². The fourth-order valence-electron chi connectivity index (χ4n) is 3.18. The molecule has 1 aliphatic carbocycles. The molecule has 1 aliphatic rings. The van der Waals surface area contributed by atoms with Gasteiger partial charge >= 0.3 is 0 Å². The van der Waals surface area contributed by atoms with E-state index < -0.39 is 0 Å². The van der Waals surface area contributed by atoms with E-state index in [9.17, 15) is 4.79 Å². The Bertz CT molecular complexity index is 444. The molecule has 0 spiro atoms. The smallest absolute Gasteiger partial charge is 0.224 e. The highest BCUT2D eigenvalue weighted by Gasteiger charge is 2.24. The number of rotatable bonds is 5. The Balaban J connectivity index is 1.79. The molecule has 1 saturated carbocycles. The Kier molecular flexibility index (Phi) is 5.60. The van der Waals surface area contributed by atoms with Crippen LogP contribution in [0.3, 0.4) is 0 Å². The third kappa shape index (κ3) is 4.34. The summed E-state index contributed by atoms with van der Waals surface area (Å²) in [5.41, 5.74) is 8.11. The molecule has 110 valence electrons. The van der Waals surface area contributed by atoms with E-state index in [1.807, 2.05) is 12.1 Å². The summed E-state index contributed by atoms with van der Waals surface area (Å²) >= 11 is 0. The molecule has 0 saturated heterocycles. The third-order valence-electron chi connectivity index (χ3n) is 4.38. The molecule has 2 atom stereocenters. The maximum absolute atomic E-state index is 12.0. The summed E-state index contributed by atoms with van der Waals surface area (Å²) in [6.07, 6.45) is 5.45. The zero-order chi connectivity index (χ0) is 14.4. The molecule has 0 aliphatic heterocycles. The van der Waals surface area contributed by atoms with Crippen molar-refractivity contribution < 1.29 is 4.79 Å². The molecule has 20 heavy (non-hydrogen) atoms. The number of aryl methyl sites for hydroxylation is 1. The first-order valence-corrected chi connectivity index (χ1v) is 7.71. The van der Waals surface area contributed by atoms with Gasteiger partial charge in [-0.1, -0.05) is 42.7 Å². The average Bonchev–Trinajstić information content (AvgIpc) is 2.45. The molecule has 3 nitrogen and oxygen atoms in total. The Morgan fingerprint density at radius 2 is 2.05 bits per heavy atom. The molecule has 2 rings (SSSR count). The van der Waals surface area contributed by atoms with Gasteiger partial charge in [0.05, 0.1) is 6.42 Å². The van der Waals surface area contributed by atoms with E-state index in [-0.39, 0.29) is 5.91 Å². The number of nitrogens with two attached hydrogens (primary N) is 1. The molecule has 0 radical (unpaired) electrons. The summed E-state index contributed by atoms with van der Waals surface area (Å²) in [6.45, 7) is 3.58. The van der Waals surface area contributed by atoms with Gasteiger partial charge < -0.3 is 11.1 Å². The molecule has 2 unspecified atom stereocenters. The van der Waals surface area contributed by atoms with Crippen molar-refractivity contribution in [2.45, 2.75) is 39.0 Å². The lowest BCUT2D eigenvalue weighted by molar-refractivity contribution is -0.120. The first-order chi connectivity index (χ1) is 9.69. The molecule has 1 aromatic rings. The Morgan fingerprint density at radius 1 is 1.30 bits per heavy atom. The zero-order valence-electron chi connectivity index (χ0n) is 12.4. The van der Waals surface area contributed by atoms with Crippen LogP contribution in [0.15, 0.2) is 24.3 Å². The van der Waals surface area contributed by atoms with Gasteiger partial charge in [0.2, 0.25) is 5.91 Å². The number of carbonyl (C=O) groups is 1. The quantitative estimate of drug-likeness (QED) is 0.866. The molecule has 0 aromatic heterocycles. The van der Waals surface area contributed by atoms with Crippen LogP contribution in [-0.4, -0.2) is 19.0 Å². The maximum atomic E-state index is 12.0. The van der Waals surface area contributed by atoms with E-state index in [1.54, 1.807) is 0 Å². The first-order valence-electron chi connectivity index (χ1n) is 7.71. The van der Waals surface area contributed by atoms with Crippen molar-refractivity contribution in [1.82, 2.24) is 5.32 Å². The van der Waals surface area contributed by atoms with Gasteiger partial charge in [0.1, 0.15) is 0 Å². The van der Waals surface area contributed by atoms with Crippen LogP contribution in [0.2, 0.25) is 0 Å². The van der Waals surface area contributed by atoms with Crippen LogP contribution in [0, 0.1) is 18.8 Å². The van der Waals surface area contributed by atoms with Crippen molar-refractivity contribution >= 4 is 5.91 Å². The number of hydrogen-bond acceptors (Lipinski definition) is 2. The number of nitrogens with one attached hydrogen (secondary N) is 1. The predicted molar refractivity (Wildman–Crippen MR) is 82.4 cm³/mol. The lowest BCUT2D eigenvalue weighted by Crippen LogP contribution is -2.37. The fourth-order valence-corrected chi connectivity index (χ4v) is 3.18. The monoisotopic (exact) mass is 274 g/mol. The summed E-state index contributed by atoms with van der Waals surface area (Å²) in [5, 5.41) is 3.09. The molecule has 3 N–H and O–H groups in total. The van der Waals surface area contributed by atoms with Gasteiger partial charge in [-0.15, -0.1) is 0 Å². The van der Waals surface area contributed by atoms with Gasteiger partial charge in [0.15, 0.2) is 0 Å². The summed E-state index contributed by atoms with van der Waals surface area (Å²) in [5.74, 6) is 1.27. The Labute approximate surface area is 121 Å². The van der Waals surface area contributed by atoms with Crippen molar-refractivity contribution in [2.24, 2.45) is 17.6 Å². The Hall–Kier alpha value is -1.35. The van der Waals surface area contributed by atoms with E-state index >= 15 is 0 Å². The van der Waals surface area contributed by atoms with Crippen molar-refractivity contribution in [3.8, 4) is 0 Å². The van der Waals surface area contributed by atoms with Crippen LogP contribution < -0.4 is 11.1 Å². The summed E-state index contributed by atoms with van der Waals surface area (Å²) < 4.78 is 0. The molecule has 0 heterocycles. The molecule has 1 amide bonds. The minimum atomic E-state index is 0.122. The number of amides is 1. The SMILES string of the molecule is Cc1cccc(CC(=O)NCC2CCCCC2CN)c1. The maximum Gasteiger partial charge on any atom is 0.224 e. The number of carbonyl (C=O) groups excluding carboxylic acids is 1. The van der Waals surface area contributed by atoms with Crippen molar-refractivity contribution in [1.29, 1.82) is 0 Å². The normalized spacial score (nSPS) is 22.5. The van der Waals surface area contributed by atoms with Crippen LogP contribution in [0.25, 0.3) is 0 Å². The lowest BCUT2D eigenvalue weighted by Gasteiger charge is -2.30. The molecule has 3 heteroatoms. The van der Waals surface area contributed by atoms with E-state index in [1.165, 1.54) is 31.2 Å². The lowest BCUT2D eigenvalue weighted by atomic mass is 9.79. The van der Waals surface area contributed by atoms with Gasteiger partial charge in [0, 0.05) is 6.54 Å². The summed E-state index contributed by atoms with van der Waals surface area (Å²) in [4.78, 5) is 12.0. The molecule has 0 bridgehead atoms. The van der Waals surface area contributed by atoms with Gasteiger partial charge in [-0.2, -0.15) is 0 Å². The van der Waals surface area contributed by atoms with Gasteiger partial charge in [-0.05, 0) is 43.7 Å². The van der Waals surface area contributed by atoms with Crippen molar-refractivity contribution in [3.05, 3.63) is 35.4 Å². The second-order valence-corrected chi connectivity index (χ2v) is 6.01. The highest BCUT2D eigenvalue weighted by molar-refractivity contribution is 5.78.